The molecule has 0 aliphatic carbocycles. The molecule has 1 heterocycles. The third-order valence-electron chi connectivity index (χ3n) is 2.43. The molecule has 3 heteroatoms. The number of rotatable bonds is 4. The molecule has 0 radical (unpaired) electrons. The summed E-state index contributed by atoms with van der Waals surface area (Å²) >= 11 is 3.89. The van der Waals surface area contributed by atoms with Crippen molar-refractivity contribution in [3.05, 3.63) is 34.7 Å². The van der Waals surface area contributed by atoms with Crippen LogP contribution in [0.4, 0.5) is 0 Å². The molecule has 0 spiro atoms. The predicted molar refractivity (Wildman–Crippen MR) is 76.1 cm³/mol. The van der Waals surface area contributed by atoms with Crippen LogP contribution in [-0.4, -0.2) is 5.25 Å². The first-order valence-electron chi connectivity index (χ1n) is 5.52. The normalized spacial score (nSPS) is 11.5. The smallest absolute Gasteiger partial charge is 0.0349 e. The van der Waals surface area contributed by atoms with Gasteiger partial charge < -0.3 is 5.73 Å². The molecular formula is C13H17NS2. The lowest BCUT2D eigenvalue weighted by molar-refractivity contribution is 1.08. The van der Waals surface area contributed by atoms with Gasteiger partial charge in [-0.3, -0.25) is 0 Å². The van der Waals surface area contributed by atoms with Crippen molar-refractivity contribution in [2.45, 2.75) is 31.4 Å². The van der Waals surface area contributed by atoms with E-state index >= 15 is 0 Å². The van der Waals surface area contributed by atoms with E-state index in [-0.39, 0.29) is 0 Å². The molecule has 0 amide bonds. The third-order valence-corrected chi connectivity index (χ3v) is 4.86. The van der Waals surface area contributed by atoms with Crippen molar-refractivity contribution in [1.82, 2.24) is 0 Å². The van der Waals surface area contributed by atoms with E-state index in [1.165, 1.54) is 20.5 Å². The fourth-order valence-corrected chi connectivity index (χ4v) is 3.52. The van der Waals surface area contributed by atoms with Gasteiger partial charge in [-0.1, -0.05) is 26.0 Å². The van der Waals surface area contributed by atoms with Crippen molar-refractivity contribution < 1.29 is 0 Å². The average Bonchev–Trinajstić information content (AvgIpc) is 2.67. The van der Waals surface area contributed by atoms with Crippen molar-refractivity contribution in [3.8, 4) is 0 Å². The Bertz CT molecular complexity index is 474. The largest absolute Gasteiger partial charge is 0.326 e. The van der Waals surface area contributed by atoms with Crippen LogP contribution in [0.5, 0.6) is 0 Å². The standard InChI is InChI=1S/C13H17NS2/c1-9(2)15-8-12-6-11-4-3-10(7-14)5-13(11)16-12/h3-6,9H,7-8,14H2,1-2H3. The minimum Gasteiger partial charge on any atom is -0.326 e. The molecule has 1 aromatic heterocycles. The third kappa shape index (κ3) is 2.78. The van der Waals surface area contributed by atoms with Gasteiger partial charge in [0.15, 0.2) is 0 Å². The van der Waals surface area contributed by atoms with Gasteiger partial charge in [-0.2, -0.15) is 11.8 Å². The number of thiophene rings is 1. The van der Waals surface area contributed by atoms with Gasteiger partial charge in [0.05, 0.1) is 0 Å². The molecule has 0 bridgehead atoms. The molecule has 0 saturated heterocycles. The average molecular weight is 251 g/mol. The van der Waals surface area contributed by atoms with E-state index in [9.17, 15) is 0 Å². The second-order valence-corrected chi connectivity index (χ2v) is 6.88. The van der Waals surface area contributed by atoms with Gasteiger partial charge in [0.2, 0.25) is 0 Å². The molecular weight excluding hydrogens is 234 g/mol. The summed E-state index contributed by atoms with van der Waals surface area (Å²) < 4.78 is 1.36. The summed E-state index contributed by atoms with van der Waals surface area (Å²) in [5.74, 6) is 1.12. The van der Waals surface area contributed by atoms with Crippen LogP contribution >= 0.6 is 23.1 Å². The first-order chi connectivity index (χ1) is 7.69. The maximum Gasteiger partial charge on any atom is 0.0349 e. The van der Waals surface area contributed by atoms with Crippen molar-refractivity contribution >= 4 is 33.2 Å². The van der Waals surface area contributed by atoms with Crippen LogP contribution in [0.25, 0.3) is 10.1 Å². The minimum absolute atomic E-state index is 0.629. The Balaban J connectivity index is 2.22. The lowest BCUT2D eigenvalue weighted by Gasteiger charge is -2.00. The van der Waals surface area contributed by atoms with Crippen LogP contribution in [-0.2, 0) is 12.3 Å². The summed E-state index contributed by atoms with van der Waals surface area (Å²) in [6, 6.07) is 8.81. The fourth-order valence-electron chi connectivity index (χ4n) is 1.58. The zero-order chi connectivity index (χ0) is 11.5. The Kier molecular flexibility index (Phi) is 3.90. The van der Waals surface area contributed by atoms with Crippen LogP contribution in [0, 0.1) is 0 Å². The lowest BCUT2D eigenvalue weighted by Crippen LogP contribution is -1.94. The number of hydrogen-bond donors (Lipinski definition) is 1. The molecule has 1 nitrogen and oxygen atoms in total. The number of hydrogen-bond acceptors (Lipinski definition) is 3. The van der Waals surface area contributed by atoms with Gasteiger partial charge in [-0.15, -0.1) is 11.3 Å². The van der Waals surface area contributed by atoms with Crippen LogP contribution in [0.15, 0.2) is 24.3 Å². The van der Waals surface area contributed by atoms with Crippen molar-refractivity contribution in [2.75, 3.05) is 0 Å². The molecule has 86 valence electrons. The minimum atomic E-state index is 0.629. The highest BCUT2D eigenvalue weighted by Crippen LogP contribution is 2.30. The fraction of sp³-hybridized carbons (Fsp3) is 0.385. The summed E-state index contributed by atoms with van der Waals surface area (Å²) in [6.45, 7) is 5.11. The molecule has 0 aliphatic rings. The van der Waals surface area contributed by atoms with Crippen molar-refractivity contribution in [1.29, 1.82) is 0 Å². The Morgan fingerprint density at radius 3 is 2.81 bits per heavy atom. The van der Waals surface area contributed by atoms with Crippen LogP contribution < -0.4 is 5.73 Å². The van der Waals surface area contributed by atoms with Crippen LogP contribution in [0.1, 0.15) is 24.3 Å². The first-order valence-corrected chi connectivity index (χ1v) is 7.38. The highest BCUT2D eigenvalue weighted by Gasteiger charge is 2.03. The van der Waals surface area contributed by atoms with E-state index in [4.69, 9.17) is 5.73 Å². The zero-order valence-electron chi connectivity index (χ0n) is 9.69. The second-order valence-electron chi connectivity index (χ2n) is 4.15. The molecule has 1 aromatic carbocycles. The maximum atomic E-state index is 5.65. The molecule has 0 unspecified atom stereocenters. The number of nitrogens with two attached hydrogens (primary N) is 1. The van der Waals surface area contributed by atoms with E-state index in [1.807, 2.05) is 23.1 Å². The first kappa shape index (κ1) is 12.0. The predicted octanol–water partition coefficient (Wildman–Crippen LogP) is 4.00. The molecule has 0 atom stereocenters. The van der Waals surface area contributed by atoms with E-state index in [2.05, 4.69) is 38.1 Å². The Hall–Kier alpha value is -0.510. The van der Waals surface area contributed by atoms with Crippen LogP contribution in [0.3, 0.4) is 0 Å². The molecule has 0 saturated carbocycles. The zero-order valence-corrected chi connectivity index (χ0v) is 11.3. The van der Waals surface area contributed by atoms with Gasteiger partial charge in [0, 0.05) is 21.9 Å². The van der Waals surface area contributed by atoms with Gasteiger partial charge in [0.25, 0.3) is 0 Å². The molecule has 2 aromatic rings. The lowest BCUT2D eigenvalue weighted by atomic mass is 10.2. The molecule has 0 fully saturated rings. The molecule has 0 aliphatic heterocycles. The summed E-state index contributed by atoms with van der Waals surface area (Å²) in [5.41, 5.74) is 6.87. The molecule has 2 rings (SSSR count). The maximum absolute atomic E-state index is 5.65. The molecule has 16 heavy (non-hydrogen) atoms. The summed E-state index contributed by atoms with van der Waals surface area (Å²) in [6.07, 6.45) is 0. The Labute approximate surface area is 105 Å². The Morgan fingerprint density at radius 1 is 1.31 bits per heavy atom. The number of fused-ring (bicyclic) bond motifs is 1. The number of benzene rings is 1. The van der Waals surface area contributed by atoms with Gasteiger partial charge in [-0.25, -0.2) is 0 Å². The summed E-state index contributed by atoms with van der Waals surface area (Å²) in [5, 5.41) is 2.05. The summed E-state index contributed by atoms with van der Waals surface area (Å²) in [7, 11) is 0. The quantitative estimate of drug-likeness (QED) is 0.888. The summed E-state index contributed by atoms with van der Waals surface area (Å²) in [4.78, 5) is 1.46. The van der Waals surface area contributed by atoms with Crippen molar-refractivity contribution in [2.24, 2.45) is 5.73 Å². The topological polar surface area (TPSA) is 26.0 Å². The number of thioether (sulfide) groups is 1. The van der Waals surface area contributed by atoms with Gasteiger partial charge in [-0.05, 0) is 28.3 Å². The van der Waals surface area contributed by atoms with Crippen LogP contribution in [0.2, 0.25) is 0 Å². The van der Waals surface area contributed by atoms with Gasteiger partial charge in [0.1, 0.15) is 0 Å². The second kappa shape index (κ2) is 5.21. The van der Waals surface area contributed by atoms with E-state index in [1.54, 1.807) is 0 Å². The highest BCUT2D eigenvalue weighted by atomic mass is 32.2. The van der Waals surface area contributed by atoms with Crippen molar-refractivity contribution in [3.63, 3.8) is 0 Å². The SMILES string of the molecule is CC(C)SCc1cc2ccc(CN)cc2s1. The van der Waals surface area contributed by atoms with Gasteiger partial charge >= 0.3 is 0 Å². The van der Waals surface area contributed by atoms with E-state index in [0.29, 0.717) is 11.8 Å². The van der Waals surface area contributed by atoms with E-state index < -0.39 is 0 Å². The van der Waals surface area contributed by atoms with E-state index in [0.717, 1.165) is 5.75 Å². The highest BCUT2D eigenvalue weighted by molar-refractivity contribution is 7.99. The molecule has 2 N–H and O–H groups in total. The Morgan fingerprint density at radius 2 is 2.12 bits per heavy atom. The monoisotopic (exact) mass is 251 g/mol.